The molecule has 0 saturated heterocycles. The number of hydrogen-bond donors (Lipinski definition) is 1. The maximum atomic E-state index is 12.4. The molecule has 5 heteroatoms. The molecule has 1 N–H and O–H groups in total. The van der Waals surface area contributed by atoms with Gasteiger partial charge in [-0.3, -0.25) is 0 Å². The van der Waals surface area contributed by atoms with Gasteiger partial charge in [0, 0.05) is 5.88 Å². The number of hydrogen-bond acceptors (Lipinski definition) is 1. The van der Waals surface area contributed by atoms with E-state index in [4.69, 9.17) is 11.6 Å². The molecule has 0 fully saturated rings. The van der Waals surface area contributed by atoms with Crippen molar-refractivity contribution in [3.05, 3.63) is 35.4 Å². The number of halogens is 4. The molecule has 1 aromatic carbocycles. The number of aliphatic hydroxyl groups is 1. The lowest BCUT2D eigenvalue weighted by Gasteiger charge is -2.12. The van der Waals surface area contributed by atoms with Gasteiger partial charge in [-0.25, -0.2) is 0 Å². The van der Waals surface area contributed by atoms with Gasteiger partial charge in [-0.2, -0.15) is 13.2 Å². The fourth-order valence-electron chi connectivity index (χ4n) is 1.56. The minimum Gasteiger partial charge on any atom is -0.393 e. The van der Waals surface area contributed by atoms with Gasteiger partial charge >= 0.3 is 6.18 Å². The summed E-state index contributed by atoms with van der Waals surface area (Å²) in [5.74, 6) is 0.444. The van der Waals surface area contributed by atoms with Crippen molar-refractivity contribution in [1.29, 1.82) is 0 Å². The molecular weight excluding hydrogens is 253 g/mol. The predicted molar refractivity (Wildman–Crippen MR) is 61.1 cm³/mol. The van der Waals surface area contributed by atoms with Crippen molar-refractivity contribution in [3.8, 4) is 0 Å². The molecule has 1 atom stereocenters. The van der Waals surface area contributed by atoms with Crippen molar-refractivity contribution in [2.75, 3.05) is 5.88 Å². The molecular formula is C12H14ClF3O. The molecule has 0 amide bonds. The zero-order valence-corrected chi connectivity index (χ0v) is 9.93. The second-order valence-electron chi connectivity index (χ2n) is 3.89. The average molecular weight is 267 g/mol. The highest BCUT2D eigenvalue weighted by atomic mass is 35.5. The molecule has 0 aliphatic carbocycles. The van der Waals surface area contributed by atoms with Gasteiger partial charge in [0.05, 0.1) is 11.7 Å². The summed E-state index contributed by atoms with van der Waals surface area (Å²) in [7, 11) is 0. The van der Waals surface area contributed by atoms with E-state index < -0.39 is 17.8 Å². The van der Waals surface area contributed by atoms with E-state index in [2.05, 4.69) is 0 Å². The Morgan fingerprint density at radius 2 is 2.00 bits per heavy atom. The SMILES string of the molecule is OC(CCCCl)Cc1cccc(C(F)(F)F)c1. The third-order valence-corrected chi connectivity index (χ3v) is 2.66. The zero-order chi connectivity index (χ0) is 12.9. The summed E-state index contributed by atoms with van der Waals surface area (Å²) in [6.07, 6.45) is -3.60. The first kappa shape index (κ1) is 14.3. The monoisotopic (exact) mass is 266 g/mol. The van der Waals surface area contributed by atoms with Gasteiger partial charge in [0.2, 0.25) is 0 Å². The maximum Gasteiger partial charge on any atom is 0.416 e. The van der Waals surface area contributed by atoms with E-state index in [0.717, 1.165) is 12.1 Å². The van der Waals surface area contributed by atoms with Crippen LogP contribution in [0.25, 0.3) is 0 Å². The van der Waals surface area contributed by atoms with Crippen molar-refractivity contribution in [3.63, 3.8) is 0 Å². The van der Waals surface area contributed by atoms with Crippen LogP contribution in [-0.2, 0) is 12.6 Å². The Kier molecular flexibility index (Phi) is 5.28. The topological polar surface area (TPSA) is 20.2 Å². The van der Waals surface area contributed by atoms with Crippen LogP contribution in [0.2, 0.25) is 0 Å². The summed E-state index contributed by atoms with van der Waals surface area (Å²) in [4.78, 5) is 0. The molecule has 96 valence electrons. The minimum atomic E-state index is -4.34. The minimum absolute atomic E-state index is 0.223. The molecule has 0 spiro atoms. The lowest BCUT2D eigenvalue weighted by molar-refractivity contribution is -0.137. The number of rotatable bonds is 5. The molecule has 0 bridgehead atoms. The summed E-state index contributed by atoms with van der Waals surface area (Å²) in [5, 5.41) is 9.59. The molecule has 0 radical (unpaired) electrons. The first-order chi connectivity index (χ1) is 7.93. The Hall–Kier alpha value is -0.740. The van der Waals surface area contributed by atoms with Crippen molar-refractivity contribution in [1.82, 2.24) is 0 Å². The van der Waals surface area contributed by atoms with Crippen LogP contribution in [0.4, 0.5) is 13.2 Å². The first-order valence-corrected chi connectivity index (χ1v) is 5.87. The molecule has 17 heavy (non-hydrogen) atoms. The first-order valence-electron chi connectivity index (χ1n) is 5.33. The second-order valence-corrected chi connectivity index (χ2v) is 4.27. The fraction of sp³-hybridized carbons (Fsp3) is 0.500. The van der Waals surface area contributed by atoms with Crippen LogP contribution in [0.1, 0.15) is 24.0 Å². The standard InChI is InChI=1S/C12H14ClF3O/c13-6-2-5-11(17)8-9-3-1-4-10(7-9)12(14,15)16/h1,3-4,7,11,17H,2,5-6,8H2. The van der Waals surface area contributed by atoms with Crippen molar-refractivity contribution in [2.24, 2.45) is 0 Å². The van der Waals surface area contributed by atoms with Crippen LogP contribution in [0, 0.1) is 0 Å². The van der Waals surface area contributed by atoms with Gasteiger partial charge in [0.25, 0.3) is 0 Å². The van der Waals surface area contributed by atoms with Crippen molar-refractivity contribution < 1.29 is 18.3 Å². The average Bonchev–Trinajstić information content (AvgIpc) is 2.25. The predicted octanol–water partition coefficient (Wildman–Crippen LogP) is 3.63. The lowest BCUT2D eigenvalue weighted by Crippen LogP contribution is -2.12. The Balaban J connectivity index is 2.66. The highest BCUT2D eigenvalue weighted by Gasteiger charge is 2.30. The Morgan fingerprint density at radius 1 is 1.29 bits per heavy atom. The van der Waals surface area contributed by atoms with Crippen molar-refractivity contribution >= 4 is 11.6 Å². The summed E-state index contributed by atoms with van der Waals surface area (Å²) >= 11 is 5.47. The number of alkyl halides is 4. The smallest absolute Gasteiger partial charge is 0.393 e. The van der Waals surface area contributed by atoms with E-state index >= 15 is 0 Å². The van der Waals surface area contributed by atoms with E-state index in [0.29, 0.717) is 24.3 Å². The quantitative estimate of drug-likeness (QED) is 0.807. The summed E-state index contributed by atoms with van der Waals surface area (Å²) in [6, 6.07) is 5.03. The third kappa shape index (κ3) is 4.96. The van der Waals surface area contributed by atoms with E-state index in [1.165, 1.54) is 6.07 Å². The number of aliphatic hydroxyl groups excluding tert-OH is 1. The van der Waals surface area contributed by atoms with Crippen LogP contribution in [0.15, 0.2) is 24.3 Å². The molecule has 1 aromatic rings. The Labute approximate surface area is 103 Å². The summed E-state index contributed by atoms with van der Waals surface area (Å²) < 4.78 is 37.3. The van der Waals surface area contributed by atoms with Gasteiger partial charge in [0.1, 0.15) is 0 Å². The lowest BCUT2D eigenvalue weighted by atomic mass is 10.0. The van der Waals surface area contributed by atoms with Crippen LogP contribution in [0.5, 0.6) is 0 Å². The third-order valence-electron chi connectivity index (χ3n) is 2.40. The van der Waals surface area contributed by atoms with Crippen LogP contribution < -0.4 is 0 Å². The number of benzene rings is 1. The molecule has 0 aromatic heterocycles. The molecule has 0 heterocycles. The molecule has 1 rings (SSSR count). The Bertz CT molecular complexity index is 352. The molecule has 1 nitrogen and oxygen atoms in total. The maximum absolute atomic E-state index is 12.4. The van der Waals surface area contributed by atoms with Crippen LogP contribution in [0.3, 0.4) is 0 Å². The van der Waals surface area contributed by atoms with Crippen LogP contribution >= 0.6 is 11.6 Å². The molecule has 0 aliphatic heterocycles. The summed E-state index contributed by atoms with van der Waals surface area (Å²) in [5.41, 5.74) is -0.193. The highest BCUT2D eigenvalue weighted by Crippen LogP contribution is 2.29. The van der Waals surface area contributed by atoms with E-state index in [1.54, 1.807) is 6.07 Å². The highest BCUT2D eigenvalue weighted by molar-refractivity contribution is 6.17. The van der Waals surface area contributed by atoms with Crippen molar-refractivity contribution in [2.45, 2.75) is 31.5 Å². The van der Waals surface area contributed by atoms with Gasteiger partial charge in [-0.15, -0.1) is 11.6 Å². The van der Waals surface area contributed by atoms with E-state index in [9.17, 15) is 18.3 Å². The van der Waals surface area contributed by atoms with Crippen LogP contribution in [-0.4, -0.2) is 17.1 Å². The molecule has 0 aliphatic rings. The van der Waals surface area contributed by atoms with Gasteiger partial charge < -0.3 is 5.11 Å². The summed E-state index contributed by atoms with van der Waals surface area (Å²) in [6.45, 7) is 0. The van der Waals surface area contributed by atoms with Gasteiger partial charge in [0.15, 0.2) is 0 Å². The van der Waals surface area contributed by atoms with Gasteiger partial charge in [-0.05, 0) is 30.9 Å². The zero-order valence-electron chi connectivity index (χ0n) is 9.17. The fourth-order valence-corrected chi connectivity index (χ4v) is 1.72. The normalized spacial score (nSPS) is 13.7. The van der Waals surface area contributed by atoms with E-state index in [-0.39, 0.29) is 6.42 Å². The van der Waals surface area contributed by atoms with E-state index in [1.807, 2.05) is 0 Å². The van der Waals surface area contributed by atoms with Gasteiger partial charge in [-0.1, -0.05) is 18.2 Å². The Morgan fingerprint density at radius 3 is 2.59 bits per heavy atom. The largest absolute Gasteiger partial charge is 0.416 e. The second kappa shape index (κ2) is 6.26. The molecule has 1 unspecified atom stereocenters. The molecule has 0 saturated carbocycles.